The van der Waals surface area contributed by atoms with E-state index in [9.17, 15) is 0 Å². The van der Waals surface area contributed by atoms with Crippen molar-refractivity contribution in [2.45, 2.75) is 13.5 Å². The van der Waals surface area contributed by atoms with E-state index in [0.717, 1.165) is 49.9 Å². The molecule has 0 aliphatic carbocycles. The lowest BCUT2D eigenvalue weighted by molar-refractivity contribution is 0.0340. The second kappa shape index (κ2) is 7.14. The van der Waals surface area contributed by atoms with Crippen LogP contribution in [0, 0.1) is 6.92 Å². The van der Waals surface area contributed by atoms with Crippen molar-refractivity contribution in [3.8, 4) is 11.3 Å². The number of ether oxygens (including phenoxy) is 1. The molecule has 4 rings (SSSR count). The Morgan fingerprint density at radius 1 is 1.00 bits per heavy atom. The maximum atomic E-state index is 6.28. The van der Waals surface area contributed by atoms with Gasteiger partial charge in [-0.3, -0.25) is 4.90 Å². The number of hydrogen-bond acceptors (Lipinski definition) is 4. The molecule has 0 bridgehead atoms. The lowest BCUT2D eigenvalue weighted by Gasteiger charge is -2.27. The zero-order valence-corrected chi connectivity index (χ0v) is 15.8. The van der Waals surface area contributed by atoms with E-state index >= 15 is 0 Å². The van der Waals surface area contributed by atoms with E-state index in [-0.39, 0.29) is 0 Å². The minimum Gasteiger partial charge on any atom is -0.459 e. The van der Waals surface area contributed by atoms with Crippen molar-refractivity contribution in [1.29, 1.82) is 0 Å². The number of benzene rings is 2. The molecule has 0 saturated carbocycles. The molecule has 4 nitrogen and oxygen atoms in total. The summed E-state index contributed by atoms with van der Waals surface area (Å²) in [6.45, 7) is 6.55. The highest BCUT2D eigenvalue weighted by Gasteiger charge is 2.23. The summed E-state index contributed by atoms with van der Waals surface area (Å²) in [4.78, 5) is 4.62. The molecule has 1 aliphatic heterocycles. The second-order valence-electron chi connectivity index (χ2n) is 7.16. The first-order valence-corrected chi connectivity index (χ1v) is 9.22. The molecule has 3 aromatic rings. The standard InChI is InChI=1S/C22H26N2O2/c1-16-20(15-24-10-12-25-13-11-24)21(23(2)3)22(26-16)19-9-8-17-6-4-5-7-18(17)14-19/h4-9,14H,10-13,15H2,1-3H3. The topological polar surface area (TPSA) is 28.9 Å². The van der Waals surface area contributed by atoms with Gasteiger partial charge in [0.2, 0.25) is 0 Å². The lowest BCUT2D eigenvalue weighted by atomic mass is 10.0. The number of nitrogens with zero attached hydrogens (tertiary/aromatic N) is 2. The van der Waals surface area contributed by atoms with Crippen LogP contribution >= 0.6 is 0 Å². The van der Waals surface area contributed by atoms with E-state index in [1.165, 1.54) is 22.0 Å². The van der Waals surface area contributed by atoms with Crippen molar-refractivity contribution in [3.63, 3.8) is 0 Å². The van der Waals surface area contributed by atoms with Gasteiger partial charge in [0, 0.05) is 44.9 Å². The predicted molar refractivity (Wildman–Crippen MR) is 107 cm³/mol. The number of aryl methyl sites for hydroxylation is 1. The van der Waals surface area contributed by atoms with Crippen molar-refractivity contribution in [3.05, 3.63) is 53.8 Å². The van der Waals surface area contributed by atoms with Crippen LogP contribution in [0.25, 0.3) is 22.1 Å². The Morgan fingerprint density at radius 3 is 2.46 bits per heavy atom. The highest BCUT2D eigenvalue weighted by molar-refractivity contribution is 5.89. The Kier molecular flexibility index (Phi) is 4.70. The molecule has 1 aliphatic rings. The first kappa shape index (κ1) is 17.1. The average molecular weight is 350 g/mol. The van der Waals surface area contributed by atoms with Crippen molar-refractivity contribution in [2.24, 2.45) is 0 Å². The molecular formula is C22H26N2O2. The largest absolute Gasteiger partial charge is 0.459 e. The van der Waals surface area contributed by atoms with Crippen LogP contribution in [0.4, 0.5) is 5.69 Å². The minimum atomic E-state index is 0.811. The normalized spacial score (nSPS) is 15.5. The number of rotatable bonds is 4. The van der Waals surface area contributed by atoms with Crippen LogP contribution in [0.15, 0.2) is 46.9 Å². The number of furan rings is 1. The summed E-state index contributed by atoms with van der Waals surface area (Å²) < 4.78 is 11.8. The molecule has 0 unspecified atom stereocenters. The Hall–Kier alpha value is -2.30. The quantitative estimate of drug-likeness (QED) is 0.701. The summed E-state index contributed by atoms with van der Waals surface area (Å²) in [7, 11) is 4.19. The molecule has 1 saturated heterocycles. The number of anilines is 1. The third kappa shape index (κ3) is 3.22. The summed E-state index contributed by atoms with van der Waals surface area (Å²) in [6, 6.07) is 15.0. The molecule has 0 N–H and O–H groups in total. The van der Waals surface area contributed by atoms with Crippen LogP contribution in [0.2, 0.25) is 0 Å². The van der Waals surface area contributed by atoms with Gasteiger partial charge in [0.1, 0.15) is 5.76 Å². The van der Waals surface area contributed by atoms with Gasteiger partial charge >= 0.3 is 0 Å². The summed E-state index contributed by atoms with van der Waals surface area (Å²) in [5, 5.41) is 2.48. The van der Waals surface area contributed by atoms with Crippen LogP contribution in [0.3, 0.4) is 0 Å². The zero-order valence-electron chi connectivity index (χ0n) is 15.8. The first-order valence-electron chi connectivity index (χ1n) is 9.22. The average Bonchev–Trinajstić information content (AvgIpc) is 2.99. The lowest BCUT2D eigenvalue weighted by Crippen LogP contribution is -2.36. The fraction of sp³-hybridized carbons (Fsp3) is 0.364. The molecule has 0 radical (unpaired) electrons. The molecule has 0 atom stereocenters. The van der Waals surface area contributed by atoms with Crippen LogP contribution in [0.5, 0.6) is 0 Å². The molecule has 26 heavy (non-hydrogen) atoms. The molecule has 4 heteroatoms. The Balaban J connectivity index is 1.76. The fourth-order valence-electron chi connectivity index (χ4n) is 3.74. The molecular weight excluding hydrogens is 324 g/mol. The van der Waals surface area contributed by atoms with Gasteiger partial charge in [-0.05, 0) is 23.8 Å². The fourth-order valence-corrected chi connectivity index (χ4v) is 3.74. The SMILES string of the molecule is Cc1oc(-c2ccc3ccccc3c2)c(N(C)C)c1CN1CCOCC1. The number of morpholine rings is 1. The Labute approximate surface area is 155 Å². The first-order chi connectivity index (χ1) is 12.6. The maximum Gasteiger partial charge on any atom is 0.157 e. The monoisotopic (exact) mass is 350 g/mol. The van der Waals surface area contributed by atoms with E-state index in [1.807, 2.05) is 0 Å². The van der Waals surface area contributed by atoms with Gasteiger partial charge in [-0.25, -0.2) is 0 Å². The second-order valence-corrected chi connectivity index (χ2v) is 7.16. The van der Waals surface area contributed by atoms with E-state index < -0.39 is 0 Å². The van der Waals surface area contributed by atoms with Gasteiger partial charge in [0.05, 0.1) is 18.9 Å². The molecule has 0 amide bonds. The molecule has 136 valence electrons. The molecule has 1 fully saturated rings. The summed E-state index contributed by atoms with van der Waals surface area (Å²) >= 11 is 0. The number of fused-ring (bicyclic) bond motifs is 1. The van der Waals surface area contributed by atoms with E-state index in [4.69, 9.17) is 9.15 Å². The van der Waals surface area contributed by atoms with Gasteiger partial charge in [-0.2, -0.15) is 0 Å². The van der Waals surface area contributed by atoms with Crippen LogP contribution in [0.1, 0.15) is 11.3 Å². The van der Waals surface area contributed by atoms with Gasteiger partial charge in [-0.1, -0.05) is 36.4 Å². The zero-order chi connectivity index (χ0) is 18.1. The Morgan fingerprint density at radius 2 is 1.73 bits per heavy atom. The van der Waals surface area contributed by atoms with Gasteiger partial charge in [0.25, 0.3) is 0 Å². The van der Waals surface area contributed by atoms with E-state index in [2.05, 4.69) is 73.3 Å². The van der Waals surface area contributed by atoms with Crippen molar-refractivity contribution in [2.75, 3.05) is 45.3 Å². The van der Waals surface area contributed by atoms with E-state index in [1.54, 1.807) is 0 Å². The highest BCUT2D eigenvalue weighted by Crippen LogP contribution is 2.39. The van der Waals surface area contributed by atoms with Crippen LogP contribution < -0.4 is 4.90 Å². The van der Waals surface area contributed by atoms with Crippen LogP contribution in [-0.2, 0) is 11.3 Å². The van der Waals surface area contributed by atoms with Crippen molar-refractivity contribution in [1.82, 2.24) is 4.90 Å². The molecule has 1 aromatic heterocycles. The van der Waals surface area contributed by atoms with Gasteiger partial charge < -0.3 is 14.1 Å². The summed E-state index contributed by atoms with van der Waals surface area (Å²) in [5.74, 6) is 1.96. The minimum absolute atomic E-state index is 0.811. The number of hydrogen-bond donors (Lipinski definition) is 0. The van der Waals surface area contributed by atoms with Gasteiger partial charge in [0.15, 0.2) is 5.76 Å². The smallest absolute Gasteiger partial charge is 0.157 e. The predicted octanol–water partition coefficient (Wildman–Crippen LogP) is 4.31. The third-order valence-corrected chi connectivity index (χ3v) is 5.13. The molecule has 0 spiro atoms. The molecule has 2 heterocycles. The van der Waals surface area contributed by atoms with Crippen molar-refractivity contribution < 1.29 is 9.15 Å². The Bertz CT molecular complexity index is 908. The molecule has 2 aromatic carbocycles. The van der Waals surface area contributed by atoms with E-state index in [0.29, 0.717) is 0 Å². The van der Waals surface area contributed by atoms with Crippen LogP contribution in [-0.4, -0.2) is 45.3 Å². The summed E-state index contributed by atoms with van der Waals surface area (Å²) in [6.07, 6.45) is 0. The van der Waals surface area contributed by atoms with Gasteiger partial charge in [-0.15, -0.1) is 0 Å². The highest BCUT2D eigenvalue weighted by atomic mass is 16.5. The van der Waals surface area contributed by atoms with Crippen molar-refractivity contribution >= 4 is 16.5 Å². The summed E-state index contributed by atoms with van der Waals surface area (Å²) in [5.41, 5.74) is 3.59. The maximum absolute atomic E-state index is 6.28. The third-order valence-electron chi connectivity index (χ3n) is 5.13.